The molecule has 5 heteroatoms. The number of ether oxygens (including phenoxy) is 1. The number of hydrogen-bond donors (Lipinski definition) is 1. The number of thioether (sulfide) groups is 1. The van der Waals surface area contributed by atoms with Gasteiger partial charge in [-0.2, -0.15) is 0 Å². The van der Waals surface area contributed by atoms with Gasteiger partial charge in [-0.15, -0.1) is 11.8 Å². The van der Waals surface area contributed by atoms with Gasteiger partial charge >= 0.3 is 0 Å². The number of anilines is 1. The van der Waals surface area contributed by atoms with Crippen LogP contribution in [0.3, 0.4) is 0 Å². The zero-order chi connectivity index (χ0) is 13.8. The summed E-state index contributed by atoms with van der Waals surface area (Å²) in [4.78, 5) is 0.977. The van der Waals surface area contributed by atoms with Gasteiger partial charge in [0.15, 0.2) is 11.6 Å². The van der Waals surface area contributed by atoms with E-state index in [2.05, 4.69) is 15.9 Å². The van der Waals surface area contributed by atoms with E-state index in [1.807, 2.05) is 24.3 Å². The van der Waals surface area contributed by atoms with Gasteiger partial charge in [-0.3, -0.25) is 0 Å². The van der Waals surface area contributed by atoms with Crippen molar-refractivity contribution in [1.29, 1.82) is 0 Å². The fourth-order valence-electron chi connectivity index (χ4n) is 1.59. The number of rotatable bonds is 4. The molecule has 0 saturated carbocycles. The first kappa shape index (κ1) is 14.2. The average molecular weight is 342 g/mol. The Morgan fingerprint density at radius 3 is 2.74 bits per heavy atom. The van der Waals surface area contributed by atoms with Crippen LogP contribution >= 0.6 is 27.7 Å². The summed E-state index contributed by atoms with van der Waals surface area (Å²) in [5, 5.41) is 0. The van der Waals surface area contributed by atoms with E-state index in [-0.39, 0.29) is 11.6 Å². The third-order valence-corrected chi connectivity index (χ3v) is 4.22. The lowest BCUT2D eigenvalue weighted by molar-refractivity contribution is 0.386. The highest BCUT2D eigenvalue weighted by Gasteiger charge is 2.06. The lowest BCUT2D eigenvalue weighted by Crippen LogP contribution is -1.91. The van der Waals surface area contributed by atoms with Gasteiger partial charge in [0.1, 0.15) is 0 Å². The molecule has 0 atom stereocenters. The minimum Gasteiger partial charge on any atom is -0.494 e. The summed E-state index contributed by atoms with van der Waals surface area (Å²) in [6.07, 6.45) is 0. The van der Waals surface area contributed by atoms with E-state index in [1.54, 1.807) is 17.8 Å². The van der Waals surface area contributed by atoms with Crippen LogP contribution in [-0.2, 0) is 5.75 Å². The van der Waals surface area contributed by atoms with Crippen LogP contribution in [0.1, 0.15) is 5.56 Å². The molecular weight excluding hydrogens is 329 g/mol. The Bertz CT molecular complexity index is 592. The van der Waals surface area contributed by atoms with Crippen molar-refractivity contribution < 1.29 is 9.13 Å². The van der Waals surface area contributed by atoms with E-state index in [4.69, 9.17) is 10.5 Å². The van der Waals surface area contributed by atoms with Gasteiger partial charge in [-0.05, 0) is 35.9 Å². The molecule has 0 bridgehead atoms. The maximum atomic E-state index is 13.6. The number of hydrogen-bond acceptors (Lipinski definition) is 3. The number of nitrogen functional groups attached to an aromatic ring is 1. The SMILES string of the molecule is COc1ccc(CSc2cc(Br)ccc2N)cc1F. The predicted molar refractivity (Wildman–Crippen MR) is 81.1 cm³/mol. The first-order valence-electron chi connectivity index (χ1n) is 5.60. The van der Waals surface area contributed by atoms with Gasteiger partial charge in [-0.25, -0.2) is 4.39 Å². The van der Waals surface area contributed by atoms with E-state index in [9.17, 15) is 4.39 Å². The van der Waals surface area contributed by atoms with Gasteiger partial charge < -0.3 is 10.5 Å². The minimum atomic E-state index is -0.345. The highest BCUT2D eigenvalue weighted by molar-refractivity contribution is 9.10. The largest absolute Gasteiger partial charge is 0.494 e. The normalized spacial score (nSPS) is 10.5. The second-order valence-corrected chi connectivity index (χ2v) is 5.87. The average Bonchev–Trinajstić information content (AvgIpc) is 2.40. The van der Waals surface area contributed by atoms with Gasteiger partial charge in [0.05, 0.1) is 7.11 Å². The summed E-state index contributed by atoms with van der Waals surface area (Å²) in [5.74, 6) is 0.570. The second-order valence-electron chi connectivity index (χ2n) is 3.94. The van der Waals surface area contributed by atoms with Crippen LogP contribution in [0.25, 0.3) is 0 Å². The Morgan fingerprint density at radius 1 is 1.26 bits per heavy atom. The van der Waals surface area contributed by atoms with Crippen molar-refractivity contribution in [3.63, 3.8) is 0 Å². The van der Waals surface area contributed by atoms with E-state index in [1.165, 1.54) is 13.2 Å². The molecule has 2 rings (SSSR count). The molecule has 2 N–H and O–H groups in total. The molecule has 19 heavy (non-hydrogen) atoms. The van der Waals surface area contributed by atoms with Crippen LogP contribution in [0.2, 0.25) is 0 Å². The quantitative estimate of drug-likeness (QED) is 0.658. The van der Waals surface area contributed by atoms with Crippen LogP contribution in [0.15, 0.2) is 45.8 Å². The zero-order valence-electron chi connectivity index (χ0n) is 10.3. The second kappa shape index (κ2) is 6.30. The van der Waals surface area contributed by atoms with Gasteiger partial charge in [0.2, 0.25) is 0 Å². The molecule has 0 heterocycles. The molecule has 2 aromatic carbocycles. The van der Waals surface area contributed by atoms with Gasteiger partial charge in [0.25, 0.3) is 0 Å². The molecule has 0 aliphatic rings. The molecule has 2 aromatic rings. The molecule has 2 nitrogen and oxygen atoms in total. The summed E-state index contributed by atoms with van der Waals surface area (Å²) in [6.45, 7) is 0. The molecule has 0 aromatic heterocycles. The predicted octanol–water partition coefficient (Wildman–Crippen LogP) is 4.47. The third-order valence-electron chi connectivity index (χ3n) is 2.59. The standard InChI is InChI=1S/C14H13BrFNOS/c1-18-13-5-2-9(6-11(13)16)8-19-14-7-10(15)3-4-12(14)17/h2-7H,8,17H2,1H3. The number of nitrogens with two attached hydrogens (primary N) is 1. The molecule has 0 fully saturated rings. The van der Waals surface area contributed by atoms with E-state index < -0.39 is 0 Å². The summed E-state index contributed by atoms with van der Waals surface area (Å²) in [5.41, 5.74) is 7.51. The van der Waals surface area contributed by atoms with Crippen molar-refractivity contribution in [1.82, 2.24) is 0 Å². The fraction of sp³-hybridized carbons (Fsp3) is 0.143. The van der Waals surface area contributed by atoms with Crippen molar-refractivity contribution in [3.05, 3.63) is 52.3 Å². The van der Waals surface area contributed by atoms with Crippen LogP contribution in [-0.4, -0.2) is 7.11 Å². The van der Waals surface area contributed by atoms with Gasteiger partial charge in [0, 0.05) is 20.8 Å². The van der Waals surface area contributed by atoms with Crippen molar-refractivity contribution in [2.75, 3.05) is 12.8 Å². The summed E-state index contributed by atoms with van der Waals surface area (Å²) in [6, 6.07) is 10.7. The Labute approximate surface area is 124 Å². The molecular formula is C14H13BrFNOS. The molecule has 0 aliphatic carbocycles. The minimum absolute atomic E-state index is 0.260. The molecule has 0 spiro atoms. The Hall–Kier alpha value is -1.20. The maximum absolute atomic E-state index is 13.6. The Morgan fingerprint density at radius 2 is 2.05 bits per heavy atom. The first-order valence-corrected chi connectivity index (χ1v) is 7.38. The van der Waals surface area contributed by atoms with E-state index >= 15 is 0 Å². The molecule has 0 aliphatic heterocycles. The van der Waals surface area contributed by atoms with Crippen LogP contribution < -0.4 is 10.5 Å². The van der Waals surface area contributed by atoms with E-state index in [0.717, 1.165) is 20.6 Å². The smallest absolute Gasteiger partial charge is 0.165 e. The first-order chi connectivity index (χ1) is 9.10. The lowest BCUT2D eigenvalue weighted by Gasteiger charge is -2.07. The Balaban J connectivity index is 2.10. The summed E-state index contributed by atoms with van der Waals surface area (Å²) >= 11 is 4.98. The summed E-state index contributed by atoms with van der Waals surface area (Å²) in [7, 11) is 1.45. The Kier molecular flexibility index (Phi) is 4.71. The molecule has 0 radical (unpaired) electrons. The van der Waals surface area contributed by atoms with Crippen molar-refractivity contribution >= 4 is 33.4 Å². The molecule has 0 amide bonds. The highest BCUT2D eigenvalue weighted by atomic mass is 79.9. The number of methoxy groups -OCH3 is 1. The van der Waals surface area contributed by atoms with Crippen molar-refractivity contribution in [2.24, 2.45) is 0 Å². The molecule has 100 valence electrons. The van der Waals surface area contributed by atoms with Crippen LogP contribution in [0.4, 0.5) is 10.1 Å². The van der Waals surface area contributed by atoms with Crippen molar-refractivity contribution in [3.8, 4) is 5.75 Å². The van der Waals surface area contributed by atoms with E-state index in [0.29, 0.717) is 5.75 Å². The number of benzene rings is 2. The fourth-order valence-corrected chi connectivity index (χ4v) is 3.05. The third kappa shape index (κ3) is 3.64. The highest BCUT2D eigenvalue weighted by Crippen LogP contribution is 2.31. The van der Waals surface area contributed by atoms with Gasteiger partial charge in [-0.1, -0.05) is 22.0 Å². The van der Waals surface area contributed by atoms with Crippen molar-refractivity contribution in [2.45, 2.75) is 10.6 Å². The monoisotopic (exact) mass is 341 g/mol. The lowest BCUT2D eigenvalue weighted by atomic mass is 10.2. The zero-order valence-corrected chi connectivity index (χ0v) is 12.7. The van der Waals surface area contributed by atoms with Crippen LogP contribution in [0, 0.1) is 5.82 Å². The molecule has 0 unspecified atom stereocenters. The topological polar surface area (TPSA) is 35.2 Å². The maximum Gasteiger partial charge on any atom is 0.165 e. The summed E-state index contributed by atoms with van der Waals surface area (Å²) < 4.78 is 19.4. The van der Waals surface area contributed by atoms with Crippen LogP contribution in [0.5, 0.6) is 5.75 Å². The molecule has 0 saturated heterocycles. The number of halogens is 2.